The molecular formula is C16H26O5. The third-order valence-electron chi connectivity index (χ3n) is 4.22. The van der Waals surface area contributed by atoms with Crippen LogP contribution in [0.15, 0.2) is 0 Å². The summed E-state index contributed by atoms with van der Waals surface area (Å²) in [6.07, 6.45) is 3.82. The van der Waals surface area contributed by atoms with Gasteiger partial charge in [-0.15, -0.1) is 0 Å². The van der Waals surface area contributed by atoms with Crippen molar-refractivity contribution in [3.05, 3.63) is 0 Å². The zero-order valence-electron chi connectivity index (χ0n) is 13.4. The Balaban J connectivity index is 1.76. The molecule has 0 aromatic carbocycles. The number of carbonyl (C=O) groups is 2. The lowest BCUT2D eigenvalue weighted by atomic mass is 10.0. The van der Waals surface area contributed by atoms with Crippen LogP contribution in [0.2, 0.25) is 0 Å². The maximum Gasteiger partial charge on any atom is 0.309 e. The van der Waals surface area contributed by atoms with Gasteiger partial charge in [0.1, 0.15) is 17.8 Å². The molecule has 21 heavy (non-hydrogen) atoms. The van der Waals surface area contributed by atoms with Crippen LogP contribution in [-0.4, -0.2) is 36.9 Å². The van der Waals surface area contributed by atoms with Crippen molar-refractivity contribution in [1.82, 2.24) is 0 Å². The fourth-order valence-electron chi connectivity index (χ4n) is 2.66. The molecule has 2 aliphatic rings. The highest BCUT2D eigenvalue weighted by molar-refractivity contribution is 5.77. The van der Waals surface area contributed by atoms with Gasteiger partial charge in [0.2, 0.25) is 0 Å². The number of carbonyl (C=O) groups excluding carboxylic acids is 2. The van der Waals surface area contributed by atoms with Crippen molar-refractivity contribution in [1.29, 1.82) is 0 Å². The molecule has 0 aliphatic heterocycles. The minimum absolute atomic E-state index is 0.181. The lowest BCUT2D eigenvalue weighted by Gasteiger charge is -2.22. The second kappa shape index (κ2) is 5.95. The summed E-state index contributed by atoms with van der Waals surface area (Å²) >= 11 is 0. The van der Waals surface area contributed by atoms with Crippen LogP contribution in [-0.2, 0) is 23.8 Å². The molecule has 2 saturated carbocycles. The minimum Gasteiger partial charge on any atom is -0.462 e. The summed E-state index contributed by atoms with van der Waals surface area (Å²) in [5.41, 5.74) is -0.717. The molecule has 0 saturated heterocycles. The lowest BCUT2D eigenvalue weighted by molar-refractivity contribution is -0.160. The van der Waals surface area contributed by atoms with Crippen LogP contribution >= 0.6 is 0 Å². The van der Waals surface area contributed by atoms with Crippen molar-refractivity contribution in [2.24, 2.45) is 11.8 Å². The van der Waals surface area contributed by atoms with E-state index in [2.05, 4.69) is 0 Å². The first kappa shape index (κ1) is 16.3. The minimum atomic E-state index is -0.480. The van der Waals surface area contributed by atoms with E-state index in [1.54, 1.807) is 7.11 Å². The monoisotopic (exact) mass is 298 g/mol. The van der Waals surface area contributed by atoms with Crippen molar-refractivity contribution < 1.29 is 23.8 Å². The van der Waals surface area contributed by atoms with E-state index in [0.29, 0.717) is 25.9 Å². The highest BCUT2D eigenvalue weighted by Crippen LogP contribution is 2.40. The van der Waals surface area contributed by atoms with Crippen LogP contribution in [0.4, 0.5) is 0 Å². The van der Waals surface area contributed by atoms with Crippen molar-refractivity contribution in [3.63, 3.8) is 0 Å². The van der Waals surface area contributed by atoms with Gasteiger partial charge >= 0.3 is 11.9 Å². The topological polar surface area (TPSA) is 61.8 Å². The molecule has 2 atom stereocenters. The predicted octanol–water partition coefficient (Wildman–Crippen LogP) is 2.47. The summed E-state index contributed by atoms with van der Waals surface area (Å²) in [6.45, 7) is 5.89. The van der Waals surface area contributed by atoms with Gasteiger partial charge < -0.3 is 14.2 Å². The van der Waals surface area contributed by atoms with Crippen LogP contribution in [0.5, 0.6) is 0 Å². The number of rotatable bonds is 5. The summed E-state index contributed by atoms with van der Waals surface area (Å²) in [4.78, 5) is 24.1. The molecule has 0 aromatic rings. The fourth-order valence-corrected chi connectivity index (χ4v) is 2.66. The summed E-state index contributed by atoms with van der Waals surface area (Å²) < 4.78 is 16.1. The third-order valence-corrected chi connectivity index (χ3v) is 4.22. The molecular weight excluding hydrogens is 272 g/mol. The maximum atomic E-state index is 12.1. The Hall–Kier alpha value is -1.10. The quantitative estimate of drug-likeness (QED) is 0.730. The summed E-state index contributed by atoms with van der Waals surface area (Å²) in [5, 5.41) is 0. The van der Waals surface area contributed by atoms with Crippen LogP contribution < -0.4 is 0 Å². The molecule has 2 aliphatic carbocycles. The van der Waals surface area contributed by atoms with Gasteiger partial charge in [-0.05, 0) is 52.9 Å². The molecule has 0 unspecified atom stereocenters. The molecule has 0 heterocycles. The third kappa shape index (κ3) is 4.43. The molecule has 5 heteroatoms. The predicted molar refractivity (Wildman–Crippen MR) is 76.6 cm³/mol. The van der Waals surface area contributed by atoms with Crippen molar-refractivity contribution in [3.8, 4) is 0 Å². The number of hydrogen-bond donors (Lipinski definition) is 0. The summed E-state index contributed by atoms with van der Waals surface area (Å²) in [7, 11) is 1.65. The molecule has 0 N–H and O–H groups in total. The first-order valence-electron chi connectivity index (χ1n) is 7.69. The number of hydrogen-bond acceptors (Lipinski definition) is 5. The smallest absolute Gasteiger partial charge is 0.309 e. The fraction of sp³-hybridized carbons (Fsp3) is 0.875. The Morgan fingerprint density at radius 1 is 1.10 bits per heavy atom. The normalized spacial score (nSPS) is 27.2. The molecule has 5 nitrogen and oxygen atoms in total. The summed E-state index contributed by atoms with van der Waals surface area (Å²) in [5.74, 6) is -0.771. The highest BCUT2D eigenvalue weighted by atomic mass is 16.6. The Morgan fingerprint density at radius 3 is 2.14 bits per heavy atom. The SMILES string of the molecule is COC1(COC(=O)[C@@H]2CC[C@H](C(=O)OC(C)(C)C)C2)CC1. The Morgan fingerprint density at radius 2 is 1.67 bits per heavy atom. The number of methoxy groups -OCH3 is 1. The van der Waals surface area contributed by atoms with Crippen molar-refractivity contribution >= 4 is 11.9 Å². The van der Waals surface area contributed by atoms with Gasteiger partial charge in [-0.2, -0.15) is 0 Å². The molecule has 120 valence electrons. The zero-order valence-corrected chi connectivity index (χ0v) is 13.4. The van der Waals surface area contributed by atoms with E-state index in [-0.39, 0.29) is 29.4 Å². The van der Waals surface area contributed by atoms with Gasteiger partial charge in [0, 0.05) is 7.11 Å². The standard InChI is InChI=1S/C16H26O5/c1-15(2,3)21-14(18)12-6-5-11(9-12)13(17)20-10-16(19-4)7-8-16/h11-12H,5-10H2,1-4H3/t11-,12+/m1/s1. The second-order valence-electron chi connectivity index (χ2n) is 7.24. The Bertz CT molecular complexity index is 405. The van der Waals surface area contributed by atoms with E-state index in [1.165, 1.54) is 0 Å². The average Bonchev–Trinajstić information content (AvgIpc) is 3.00. The number of esters is 2. The number of ether oxygens (including phenoxy) is 3. The molecule has 0 aromatic heterocycles. The van der Waals surface area contributed by atoms with E-state index in [1.807, 2.05) is 20.8 Å². The molecule has 0 radical (unpaired) electrons. The van der Waals surface area contributed by atoms with Gasteiger partial charge in [0.25, 0.3) is 0 Å². The van der Waals surface area contributed by atoms with Crippen LogP contribution in [0.3, 0.4) is 0 Å². The van der Waals surface area contributed by atoms with Gasteiger partial charge in [0.15, 0.2) is 0 Å². The highest BCUT2D eigenvalue weighted by Gasteiger charge is 2.45. The van der Waals surface area contributed by atoms with Crippen LogP contribution in [0.25, 0.3) is 0 Å². The Labute approximate surface area is 126 Å². The van der Waals surface area contributed by atoms with Gasteiger partial charge in [0.05, 0.1) is 11.8 Å². The molecule has 0 amide bonds. The van der Waals surface area contributed by atoms with Gasteiger partial charge in [-0.25, -0.2) is 0 Å². The van der Waals surface area contributed by atoms with E-state index in [0.717, 1.165) is 12.8 Å². The molecule has 2 rings (SSSR count). The van der Waals surface area contributed by atoms with E-state index < -0.39 is 5.60 Å². The zero-order chi connectivity index (χ0) is 15.7. The first-order valence-corrected chi connectivity index (χ1v) is 7.69. The maximum absolute atomic E-state index is 12.1. The molecule has 0 spiro atoms. The molecule has 2 fully saturated rings. The van der Waals surface area contributed by atoms with E-state index in [9.17, 15) is 9.59 Å². The second-order valence-corrected chi connectivity index (χ2v) is 7.24. The van der Waals surface area contributed by atoms with Gasteiger partial charge in [-0.1, -0.05) is 0 Å². The molecule has 0 bridgehead atoms. The summed E-state index contributed by atoms with van der Waals surface area (Å²) in [6, 6.07) is 0. The van der Waals surface area contributed by atoms with Crippen molar-refractivity contribution in [2.75, 3.05) is 13.7 Å². The van der Waals surface area contributed by atoms with E-state index in [4.69, 9.17) is 14.2 Å². The average molecular weight is 298 g/mol. The first-order chi connectivity index (χ1) is 9.75. The van der Waals surface area contributed by atoms with Gasteiger partial charge in [-0.3, -0.25) is 9.59 Å². The van der Waals surface area contributed by atoms with Crippen LogP contribution in [0, 0.1) is 11.8 Å². The Kier molecular flexibility index (Phi) is 4.61. The van der Waals surface area contributed by atoms with Crippen LogP contribution in [0.1, 0.15) is 52.9 Å². The van der Waals surface area contributed by atoms with E-state index >= 15 is 0 Å². The largest absolute Gasteiger partial charge is 0.462 e. The lowest BCUT2D eigenvalue weighted by Crippen LogP contribution is -2.28. The van der Waals surface area contributed by atoms with Crippen molar-refractivity contribution in [2.45, 2.75) is 64.1 Å².